The van der Waals surface area contributed by atoms with Gasteiger partial charge in [-0.1, -0.05) is 0 Å². The number of hydrogen-bond acceptors (Lipinski definition) is 4. The van der Waals surface area contributed by atoms with Gasteiger partial charge in [-0.2, -0.15) is 0 Å². The molecule has 1 amide bonds. The number of amides is 1. The van der Waals surface area contributed by atoms with Gasteiger partial charge in [-0.3, -0.25) is 0 Å². The minimum Gasteiger partial charge on any atom is -0.465 e. The van der Waals surface area contributed by atoms with E-state index in [0.29, 0.717) is 18.3 Å². The molecule has 0 radical (unpaired) electrons. The summed E-state index contributed by atoms with van der Waals surface area (Å²) in [6, 6.07) is -0.201. The predicted molar refractivity (Wildman–Crippen MR) is 67.9 cm³/mol. The molecule has 110 valence electrons. The number of aliphatic hydroxyl groups is 1. The van der Waals surface area contributed by atoms with Gasteiger partial charge in [-0.15, -0.1) is 0 Å². The van der Waals surface area contributed by atoms with Crippen LogP contribution in [0.2, 0.25) is 0 Å². The van der Waals surface area contributed by atoms with Crippen LogP contribution in [0, 0.1) is 17.8 Å². The Morgan fingerprint density at radius 3 is 2.37 bits per heavy atom. The summed E-state index contributed by atoms with van der Waals surface area (Å²) in [6.45, 7) is 0.0944. The smallest absolute Gasteiger partial charge is 0.404 e. The Labute approximate surface area is 113 Å². The summed E-state index contributed by atoms with van der Waals surface area (Å²) >= 11 is 0. The van der Waals surface area contributed by atoms with Crippen LogP contribution in [0.1, 0.15) is 19.3 Å². The molecule has 0 aliphatic heterocycles. The minimum atomic E-state index is -1.02. The van der Waals surface area contributed by atoms with Gasteiger partial charge in [0.05, 0.1) is 18.2 Å². The van der Waals surface area contributed by atoms with E-state index in [1.54, 1.807) is 14.2 Å². The molecule has 19 heavy (non-hydrogen) atoms. The fraction of sp³-hybridized carbons (Fsp3) is 0.923. The molecule has 0 bridgehead atoms. The van der Waals surface area contributed by atoms with Crippen molar-refractivity contribution in [3.8, 4) is 0 Å². The number of fused-ring (bicyclic) bond motifs is 1. The number of aliphatic hydroxyl groups excluding tert-OH is 1. The van der Waals surface area contributed by atoms with Crippen molar-refractivity contribution in [1.29, 1.82) is 0 Å². The molecule has 6 heteroatoms. The highest BCUT2D eigenvalue weighted by Gasteiger charge is 2.49. The van der Waals surface area contributed by atoms with Crippen LogP contribution in [-0.2, 0) is 9.47 Å². The number of carbonyl (C=O) groups is 1. The molecule has 2 aliphatic carbocycles. The number of methoxy groups -OCH3 is 2. The number of carboxylic acid groups (broad SMARTS) is 1. The Hall–Kier alpha value is -0.850. The summed E-state index contributed by atoms with van der Waals surface area (Å²) < 4.78 is 10.9. The molecule has 2 saturated carbocycles. The van der Waals surface area contributed by atoms with Crippen molar-refractivity contribution in [3.05, 3.63) is 0 Å². The van der Waals surface area contributed by atoms with Crippen LogP contribution in [0.3, 0.4) is 0 Å². The lowest BCUT2D eigenvalue weighted by Gasteiger charge is -2.39. The number of hydrogen-bond donors (Lipinski definition) is 3. The van der Waals surface area contributed by atoms with Gasteiger partial charge in [0.25, 0.3) is 0 Å². The van der Waals surface area contributed by atoms with Crippen molar-refractivity contribution in [1.82, 2.24) is 5.32 Å². The first kappa shape index (κ1) is 14.6. The Bertz CT molecular complexity index is 324. The molecule has 2 rings (SSSR count). The molecule has 0 aromatic heterocycles. The number of rotatable bonds is 4. The van der Waals surface area contributed by atoms with Gasteiger partial charge in [-0.25, -0.2) is 4.79 Å². The molecule has 2 aliphatic rings. The molecule has 0 aromatic carbocycles. The summed E-state index contributed by atoms with van der Waals surface area (Å²) in [7, 11) is 3.29. The maximum absolute atomic E-state index is 10.9. The highest BCUT2D eigenvalue weighted by Crippen LogP contribution is 2.47. The summed E-state index contributed by atoms with van der Waals surface area (Å²) in [4.78, 5) is 10.9. The van der Waals surface area contributed by atoms with Gasteiger partial charge in [0.2, 0.25) is 0 Å². The average Bonchev–Trinajstić information content (AvgIpc) is 2.73. The zero-order valence-electron chi connectivity index (χ0n) is 11.4. The van der Waals surface area contributed by atoms with Crippen molar-refractivity contribution in [2.45, 2.75) is 37.5 Å². The third kappa shape index (κ3) is 2.85. The van der Waals surface area contributed by atoms with Crippen LogP contribution < -0.4 is 5.32 Å². The monoisotopic (exact) mass is 273 g/mol. The van der Waals surface area contributed by atoms with E-state index in [-0.39, 0.29) is 30.8 Å². The molecule has 0 unspecified atom stereocenters. The van der Waals surface area contributed by atoms with E-state index < -0.39 is 6.09 Å². The lowest BCUT2D eigenvalue weighted by Crippen LogP contribution is -2.50. The van der Waals surface area contributed by atoms with Crippen LogP contribution >= 0.6 is 0 Å². The molecular weight excluding hydrogens is 250 g/mol. The Morgan fingerprint density at radius 2 is 1.84 bits per heavy atom. The zero-order chi connectivity index (χ0) is 14.0. The Kier molecular flexibility index (Phi) is 4.65. The van der Waals surface area contributed by atoms with E-state index >= 15 is 0 Å². The lowest BCUT2D eigenvalue weighted by molar-refractivity contribution is -0.00687. The van der Waals surface area contributed by atoms with Gasteiger partial charge in [0.15, 0.2) is 0 Å². The maximum Gasteiger partial charge on any atom is 0.404 e. The quantitative estimate of drug-likeness (QED) is 0.701. The molecule has 2 fully saturated rings. The first-order valence-electron chi connectivity index (χ1n) is 6.76. The molecule has 0 spiro atoms. The van der Waals surface area contributed by atoms with Crippen molar-refractivity contribution in [2.75, 3.05) is 20.8 Å². The number of ether oxygens (including phenoxy) is 2. The lowest BCUT2D eigenvalue weighted by atomic mass is 9.74. The molecule has 3 N–H and O–H groups in total. The standard InChI is InChI=1S/C13H23NO5/c1-18-11-3-7-4-12(19-2)10(14-13(16)17)5-8(7)9(11)6-15/h7-12,14-15H,3-6H2,1-2H3,(H,16,17)/t7-,8+,9-,10-,11-,12+/m0/s1. The van der Waals surface area contributed by atoms with E-state index in [0.717, 1.165) is 12.8 Å². The van der Waals surface area contributed by atoms with Gasteiger partial charge in [-0.05, 0) is 31.1 Å². The second-order valence-electron chi connectivity index (χ2n) is 5.58. The first-order valence-corrected chi connectivity index (χ1v) is 6.76. The summed E-state index contributed by atoms with van der Waals surface area (Å²) in [6.07, 6.45) is 1.41. The van der Waals surface area contributed by atoms with E-state index in [1.165, 1.54) is 0 Å². The van der Waals surface area contributed by atoms with E-state index in [4.69, 9.17) is 14.6 Å². The van der Waals surface area contributed by atoms with Crippen LogP contribution in [0.5, 0.6) is 0 Å². The van der Waals surface area contributed by atoms with Crippen molar-refractivity contribution in [2.24, 2.45) is 17.8 Å². The van der Waals surface area contributed by atoms with Crippen LogP contribution in [0.15, 0.2) is 0 Å². The van der Waals surface area contributed by atoms with Gasteiger partial charge < -0.3 is 25.0 Å². The van der Waals surface area contributed by atoms with Gasteiger partial charge in [0, 0.05) is 26.7 Å². The van der Waals surface area contributed by atoms with Crippen LogP contribution in [0.25, 0.3) is 0 Å². The van der Waals surface area contributed by atoms with E-state index in [9.17, 15) is 9.90 Å². The second kappa shape index (κ2) is 6.07. The third-order valence-corrected chi connectivity index (χ3v) is 4.80. The third-order valence-electron chi connectivity index (χ3n) is 4.80. The number of nitrogens with one attached hydrogen (secondary N) is 1. The topological polar surface area (TPSA) is 88.0 Å². The summed E-state index contributed by atoms with van der Waals surface area (Å²) in [5.41, 5.74) is 0. The highest BCUT2D eigenvalue weighted by atomic mass is 16.5. The Balaban J connectivity index is 2.10. The molecule has 6 atom stereocenters. The molecule has 6 nitrogen and oxygen atoms in total. The van der Waals surface area contributed by atoms with Crippen LogP contribution in [0.4, 0.5) is 4.79 Å². The molecule has 0 heterocycles. The zero-order valence-corrected chi connectivity index (χ0v) is 11.4. The van der Waals surface area contributed by atoms with Crippen LogP contribution in [-0.4, -0.2) is 55.4 Å². The van der Waals surface area contributed by atoms with Gasteiger partial charge >= 0.3 is 6.09 Å². The second-order valence-corrected chi connectivity index (χ2v) is 5.58. The predicted octanol–water partition coefficient (Wildman–Crippen LogP) is 0.691. The maximum atomic E-state index is 10.9. The average molecular weight is 273 g/mol. The fourth-order valence-electron chi connectivity index (χ4n) is 3.91. The normalized spacial score (nSPS) is 41.8. The van der Waals surface area contributed by atoms with Gasteiger partial charge in [0.1, 0.15) is 0 Å². The van der Waals surface area contributed by atoms with Crippen molar-refractivity contribution in [3.63, 3.8) is 0 Å². The van der Waals surface area contributed by atoms with E-state index in [1.807, 2.05) is 0 Å². The summed E-state index contributed by atoms with van der Waals surface area (Å²) in [5.74, 6) is 0.850. The van der Waals surface area contributed by atoms with Crippen molar-refractivity contribution < 1.29 is 24.5 Å². The SMILES string of the molecule is CO[C@H]1C[C@H]2C[C@@H](OC)[C@@H](NC(=O)O)C[C@H]2[C@@H]1CO. The molecule has 0 aromatic rings. The Morgan fingerprint density at radius 1 is 1.21 bits per heavy atom. The largest absolute Gasteiger partial charge is 0.465 e. The minimum absolute atomic E-state index is 0.0704. The fourth-order valence-corrected chi connectivity index (χ4v) is 3.91. The summed E-state index contributed by atoms with van der Waals surface area (Å²) in [5, 5.41) is 21.0. The highest BCUT2D eigenvalue weighted by molar-refractivity contribution is 5.65. The van der Waals surface area contributed by atoms with E-state index in [2.05, 4.69) is 5.32 Å². The molecule has 0 saturated heterocycles. The molecular formula is C13H23NO5. The first-order chi connectivity index (χ1) is 9.10. The van der Waals surface area contributed by atoms with Crippen molar-refractivity contribution >= 4 is 6.09 Å².